The number of carbonyl (C=O) groups is 4. The zero-order valence-corrected chi connectivity index (χ0v) is 18.9. The van der Waals surface area contributed by atoms with E-state index >= 15 is 0 Å². The van der Waals surface area contributed by atoms with Crippen LogP contribution in [0.1, 0.15) is 72.5 Å². The monoisotopic (exact) mass is 449 g/mol. The Morgan fingerprint density at radius 2 is 1.75 bits per heavy atom. The highest BCUT2D eigenvalue weighted by molar-refractivity contribution is 5.99. The molecule has 0 bridgehead atoms. The number of cyclic esters (lactones) is 1. The Bertz CT molecular complexity index is 888. The van der Waals surface area contributed by atoms with Gasteiger partial charge >= 0.3 is 17.9 Å². The van der Waals surface area contributed by atoms with Crippen molar-refractivity contribution >= 4 is 23.9 Å². The van der Waals surface area contributed by atoms with E-state index in [0.717, 1.165) is 5.56 Å². The smallest absolute Gasteiger partial charge is 0.342 e. The van der Waals surface area contributed by atoms with Gasteiger partial charge in [-0.1, -0.05) is 6.92 Å². The van der Waals surface area contributed by atoms with Crippen molar-refractivity contribution in [3.05, 3.63) is 22.3 Å². The largest absolute Gasteiger partial charge is 0.550 e. The first-order valence-electron chi connectivity index (χ1n) is 10.6. The summed E-state index contributed by atoms with van der Waals surface area (Å²) in [7, 11) is 2.77. The number of aliphatic carboxylic acids is 1. The van der Waals surface area contributed by atoms with Crippen molar-refractivity contribution in [3.63, 3.8) is 0 Å². The van der Waals surface area contributed by atoms with Gasteiger partial charge < -0.3 is 28.8 Å². The van der Waals surface area contributed by atoms with Crippen LogP contribution in [-0.4, -0.2) is 38.1 Å². The number of ether oxygens (including phenoxy) is 4. The van der Waals surface area contributed by atoms with E-state index in [1.807, 2.05) is 13.8 Å². The van der Waals surface area contributed by atoms with Crippen LogP contribution in [0.2, 0.25) is 0 Å². The zero-order chi connectivity index (χ0) is 23.8. The molecule has 1 aliphatic rings. The lowest BCUT2D eigenvalue weighted by Crippen LogP contribution is -2.22. The average molecular weight is 449 g/mol. The Morgan fingerprint density at radius 1 is 1.06 bits per heavy atom. The summed E-state index contributed by atoms with van der Waals surface area (Å²) in [4.78, 5) is 47.0. The lowest BCUT2D eigenvalue weighted by molar-refractivity contribution is -0.306. The highest BCUT2D eigenvalue weighted by Gasteiger charge is 2.34. The normalized spacial score (nSPS) is 13.2. The fraction of sp³-hybridized carbons (Fsp3) is 0.565. The third-order valence-electron chi connectivity index (χ3n) is 5.56. The minimum Gasteiger partial charge on any atom is -0.550 e. The second-order valence-electron chi connectivity index (χ2n) is 7.85. The van der Waals surface area contributed by atoms with E-state index in [9.17, 15) is 24.3 Å². The molecule has 2 rings (SSSR count). The Labute approximate surface area is 187 Å². The molecule has 9 nitrogen and oxygen atoms in total. The van der Waals surface area contributed by atoms with Gasteiger partial charge in [0.2, 0.25) is 0 Å². The quantitative estimate of drug-likeness (QED) is 0.348. The number of hydrogen-bond donors (Lipinski definition) is 0. The molecule has 32 heavy (non-hydrogen) atoms. The van der Waals surface area contributed by atoms with Gasteiger partial charge in [-0.15, -0.1) is 0 Å². The molecule has 176 valence electrons. The maximum atomic E-state index is 12.5. The van der Waals surface area contributed by atoms with Gasteiger partial charge in [-0.3, -0.25) is 9.59 Å². The van der Waals surface area contributed by atoms with Crippen LogP contribution in [0.3, 0.4) is 0 Å². The number of methoxy groups -OCH3 is 2. The molecule has 0 fully saturated rings. The van der Waals surface area contributed by atoms with Crippen molar-refractivity contribution in [2.24, 2.45) is 5.92 Å². The molecule has 0 aromatic heterocycles. The second kappa shape index (κ2) is 11.5. The first kappa shape index (κ1) is 25.2. The predicted octanol–water partition coefficient (Wildman–Crippen LogP) is 2.02. The molecule has 1 atom stereocenters. The van der Waals surface area contributed by atoms with Crippen LogP contribution in [-0.2, 0) is 36.9 Å². The van der Waals surface area contributed by atoms with Crippen LogP contribution >= 0.6 is 0 Å². The number of fused-ring (bicyclic) bond motifs is 1. The molecule has 0 saturated heterocycles. The highest BCUT2D eigenvalue weighted by atomic mass is 16.6. The molecule has 1 unspecified atom stereocenters. The minimum atomic E-state index is -1.10. The maximum absolute atomic E-state index is 12.5. The number of carboxylic acids is 1. The van der Waals surface area contributed by atoms with Crippen LogP contribution in [0.25, 0.3) is 0 Å². The van der Waals surface area contributed by atoms with Crippen LogP contribution in [0.5, 0.6) is 11.5 Å². The molecule has 1 aromatic carbocycles. The number of carbonyl (C=O) groups excluding carboxylic acids is 4. The summed E-state index contributed by atoms with van der Waals surface area (Å²) in [6.45, 7) is 3.79. The molecule has 0 spiro atoms. The fourth-order valence-electron chi connectivity index (χ4n) is 3.71. The summed E-state index contributed by atoms with van der Waals surface area (Å²) >= 11 is 0. The summed E-state index contributed by atoms with van der Waals surface area (Å²) < 4.78 is 21.0. The van der Waals surface area contributed by atoms with Gasteiger partial charge in [0, 0.05) is 29.9 Å². The maximum Gasteiger partial charge on any atom is 0.342 e. The molecule has 1 aromatic rings. The van der Waals surface area contributed by atoms with Crippen LogP contribution in [0.15, 0.2) is 0 Å². The lowest BCUT2D eigenvalue weighted by Gasteiger charge is -2.20. The third kappa shape index (κ3) is 6.21. The molecule has 0 aliphatic carbocycles. The molecule has 0 N–H and O–H groups in total. The number of hydrogen-bond acceptors (Lipinski definition) is 9. The van der Waals surface area contributed by atoms with E-state index in [1.54, 1.807) is 0 Å². The first-order chi connectivity index (χ1) is 15.2. The molecule has 0 saturated carbocycles. The molecule has 9 heteroatoms. The SMILES string of the molecule is COC(=O)CCCC(=O)Oc1c(CCC(C)CCC(=O)[O-])c(OC)c(C)c2c1C(=O)OC2. The summed E-state index contributed by atoms with van der Waals surface area (Å²) in [6, 6.07) is 0. The molecule has 1 heterocycles. The molecule has 0 amide bonds. The Balaban J connectivity index is 2.31. The van der Waals surface area contributed by atoms with Crippen molar-refractivity contribution in [3.8, 4) is 11.5 Å². The molecular weight excluding hydrogens is 420 g/mol. The van der Waals surface area contributed by atoms with Crippen molar-refractivity contribution in [2.75, 3.05) is 14.2 Å². The molecular formula is C23H29O9-. The second-order valence-corrected chi connectivity index (χ2v) is 7.85. The topological polar surface area (TPSA) is 128 Å². The van der Waals surface area contributed by atoms with Crippen LogP contribution in [0, 0.1) is 12.8 Å². The number of rotatable bonds is 12. The first-order valence-corrected chi connectivity index (χ1v) is 10.6. The van der Waals surface area contributed by atoms with E-state index in [0.29, 0.717) is 36.1 Å². The van der Waals surface area contributed by atoms with Gasteiger partial charge in [-0.25, -0.2) is 4.79 Å². The summed E-state index contributed by atoms with van der Waals surface area (Å²) in [5.41, 5.74) is 2.11. The summed E-state index contributed by atoms with van der Waals surface area (Å²) in [5.74, 6) is -2.02. The van der Waals surface area contributed by atoms with Crippen molar-refractivity contribution in [2.45, 2.75) is 65.4 Å². The fourth-order valence-corrected chi connectivity index (χ4v) is 3.71. The number of esters is 3. The van der Waals surface area contributed by atoms with Gasteiger partial charge in [0.1, 0.15) is 17.9 Å². The molecule has 1 aliphatic heterocycles. The third-order valence-corrected chi connectivity index (χ3v) is 5.56. The van der Waals surface area contributed by atoms with Crippen LogP contribution in [0.4, 0.5) is 0 Å². The van der Waals surface area contributed by atoms with Gasteiger partial charge in [-0.05, 0) is 50.5 Å². The van der Waals surface area contributed by atoms with Gasteiger partial charge in [0.15, 0.2) is 5.75 Å². The van der Waals surface area contributed by atoms with E-state index in [1.165, 1.54) is 14.2 Å². The van der Waals surface area contributed by atoms with E-state index in [2.05, 4.69) is 4.74 Å². The standard InChI is InChI=1S/C23H30O9/c1-13(9-11-17(24)25)8-10-15-21(30-4)14(2)16-12-31-23(28)20(16)22(15)32-19(27)7-5-6-18(26)29-3/h13H,5-12H2,1-4H3,(H,24,25)/p-1. The number of carboxylic acid groups (broad SMARTS) is 1. The van der Waals surface area contributed by atoms with E-state index in [4.69, 9.17) is 14.2 Å². The zero-order valence-electron chi connectivity index (χ0n) is 18.9. The minimum absolute atomic E-state index is 0.0312. The van der Waals surface area contributed by atoms with E-state index < -0.39 is 23.9 Å². The van der Waals surface area contributed by atoms with Gasteiger partial charge in [0.25, 0.3) is 0 Å². The van der Waals surface area contributed by atoms with Crippen molar-refractivity contribution in [1.82, 2.24) is 0 Å². The Hall–Kier alpha value is -3.10. The van der Waals surface area contributed by atoms with Crippen LogP contribution < -0.4 is 14.6 Å². The summed E-state index contributed by atoms with van der Waals surface area (Å²) in [5, 5.41) is 10.7. The molecule has 0 radical (unpaired) electrons. The van der Waals surface area contributed by atoms with Crippen molar-refractivity contribution < 1.29 is 43.2 Å². The highest BCUT2D eigenvalue weighted by Crippen LogP contribution is 2.43. The average Bonchev–Trinajstić information content (AvgIpc) is 3.14. The Morgan fingerprint density at radius 3 is 2.38 bits per heavy atom. The van der Waals surface area contributed by atoms with Gasteiger partial charge in [0.05, 0.1) is 14.2 Å². The van der Waals surface area contributed by atoms with E-state index in [-0.39, 0.29) is 49.5 Å². The summed E-state index contributed by atoms with van der Waals surface area (Å²) in [6.07, 6.45) is 1.68. The number of benzene rings is 1. The Kier molecular flexibility index (Phi) is 9.04. The van der Waals surface area contributed by atoms with Crippen molar-refractivity contribution in [1.29, 1.82) is 0 Å². The predicted molar refractivity (Wildman–Crippen MR) is 110 cm³/mol. The lowest BCUT2D eigenvalue weighted by atomic mass is 9.91. The van der Waals surface area contributed by atoms with Gasteiger partial charge in [-0.2, -0.15) is 0 Å².